The second-order valence-corrected chi connectivity index (χ2v) is 6.30. The number of aromatic nitrogens is 2. The van der Waals surface area contributed by atoms with Crippen LogP contribution in [0.3, 0.4) is 0 Å². The Morgan fingerprint density at radius 1 is 1.44 bits per heavy atom. The summed E-state index contributed by atoms with van der Waals surface area (Å²) in [5.41, 5.74) is -2.38. The van der Waals surface area contributed by atoms with E-state index < -0.39 is 38.7 Å². The van der Waals surface area contributed by atoms with E-state index in [2.05, 4.69) is 0 Å². The molecule has 9 heteroatoms. The highest BCUT2D eigenvalue weighted by Gasteiger charge is 2.30. The number of aromatic amines is 1. The second kappa shape index (κ2) is 4.09. The van der Waals surface area contributed by atoms with Crippen molar-refractivity contribution >= 4 is 15.8 Å². The average Bonchev–Trinajstić information content (AvgIpc) is 2.58. The van der Waals surface area contributed by atoms with Gasteiger partial charge < -0.3 is 5.11 Å². The van der Waals surface area contributed by atoms with Crippen LogP contribution in [-0.4, -0.2) is 40.6 Å². The van der Waals surface area contributed by atoms with Crippen LogP contribution in [0.2, 0.25) is 0 Å². The highest BCUT2D eigenvalue weighted by Crippen LogP contribution is 2.21. The maximum atomic E-state index is 11.5. The zero-order chi connectivity index (χ0) is 13.5. The van der Waals surface area contributed by atoms with Crippen molar-refractivity contribution in [2.45, 2.75) is 12.5 Å². The van der Waals surface area contributed by atoms with Crippen molar-refractivity contribution in [2.75, 3.05) is 11.5 Å². The third-order valence-corrected chi connectivity index (χ3v) is 4.55. The Hall–Kier alpha value is -1.90. The molecule has 0 saturated carbocycles. The second-order valence-electron chi connectivity index (χ2n) is 4.07. The van der Waals surface area contributed by atoms with Gasteiger partial charge in [-0.3, -0.25) is 14.3 Å². The molecule has 0 aromatic carbocycles. The molecule has 98 valence electrons. The van der Waals surface area contributed by atoms with Gasteiger partial charge in [0.2, 0.25) is 0 Å². The normalized spacial score (nSPS) is 21.9. The fourth-order valence-corrected chi connectivity index (χ4v) is 3.62. The first kappa shape index (κ1) is 12.6. The predicted octanol–water partition coefficient (Wildman–Crippen LogP) is -1.41. The first-order chi connectivity index (χ1) is 8.30. The minimum absolute atomic E-state index is 0.0500. The van der Waals surface area contributed by atoms with E-state index in [4.69, 9.17) is 5.11 Å². The summed E-state index contributed by atoms with van der Waals surface area (Å²) in [6, 6.07) is -0.627. The molecule has 1 aliphatic heterocycles. The minimum Gasteiger partial charge on any atom is -0.477 e. The molecule has 1 saturated heterocycles. The number of rotatable bonds is 2. The van der Waals surface area contributed by atoms with E-state index in [-0.39, 0.29) is 17.9 Å². The van der Waals surface area contributed by atoms with Gasteiger partial charge >= 0.3 is 11.7 Å². The first-order valence-corrected chi connectivity index (χ1v) is 6.91. The Morgan fingerprint density at radius 2 is 2.11 bits per heavy atom. The number of hydrogen-bond donors (Lipinski definition) is 2. The Bertz CT molecular complexity index is 713. The van der Waals surface area contributed by atoms with E-state index in [1.807, 2.05) is 4.98 Å². The lowest BCUT2D eigenvalue weighted by Crippen LogP contribution is -2.35. The summed E-state index contributed by atoms with van der Waals surface area (Å²) < 4.78 is 23.6. The van der Waals surface area contributed by atoms with Gasteiger partial charge in [-0.05, 0) is 6.42 Å². The van der Waals surface area contributed by atoms with E-state index >= 15 is 0 Å². The van der Waals surface area contributed by atoms with Gasteiger partial charge in [-0.2, -0.15) is 0 Å². The van der Waals surface area contributed by atoms with Gasteiger partial charge in [0.1, 0.15) is 5.56 Å². The number of H-pyrrole nitrogens is 1. The molecule has 2 rings (SSSR count). The number of sulfone groups is 1. The summed E-state index contributed by atoms with van der Waals surface area (Å²) in [5, 5.41) is 8.77. The van der Waals surface area contributed by atoms with Crippen molar-refractivity contribution in [1.29, 1.82) is 0 Å². The Morgan fingerprint density at radius 3 is 2.61 bits per heavy atom. The zero-order valence-corrected chi connectivity index (χ0v) is 9.94. The number of nitrogens with one attached hydrogen (secondary N) is 1. The minimum atomic E-state index is -3.20. The molecule has 1 unspecified atom stereocenters. The monoisotopic (exact) mass is 274 g/mol. The van der Waals surface area contributed by atoms with Crippen molar-refractivity contribution in [2.24, 2.45) is 0 Å². The Kier molecular flexibility index (Phi) is 2.85. The first-order valence-electron chi connectivity index (χ1n) is 5.09. The Balaban J connectivity index is 2.53. The molecule has 18 heavy (non-hydrogen) atoms. The molecule has 1 fully saturated rings. The third-order valence-electron chi connectivity index (χ3n) is 2.80. The summed E-state index contributed by atoms with van der Waals surface area (Å²) in [5.74, 6) is -1.74. The van der Waals surface area contributed by atoms with Gasteiger partial charge in [0.05, 0.1) is 17.5 Å². The standard InChI is InChI=1S/C9H10N2O6S/c12-7-6(8(13)14)3-11(9(15)10-7)5-1-2-18(16,17)4-5/h3,5H,1-2,4H2,(H,13,14)(H,10,12,15). The molecule has 0 spiro atoms. The van der Waals surface area contributed by atoms with Crippen LogP contribution in [0, 0.1) is 0 Å². The number of nitrogens with zero attached hydrogens (tertiary/aromatic N) is 1. The summed E-state index contributed by atoms with van der Waals surface area (Å²) in [6.07, 6.45) is 1.13. The van der Waals surface area contributed by atoms with Crippen LogP contribution >= 0.6 is 0 Å². The van der Waals surface area contributed by atoms with Crippen molar-refractivity contribution in [3.05, 3.63) is 32.6 Å². The molecule has 1 atom stereocenters. The molecule has 1 aliphatic rings. The van der Waals surface area contributed by atoms with Crippen LogP contribution in [0.1, 0.15) is 22.8 Å². The maximum absolute atomic E-state index is 11.5. The summed E-state index contributed by atoms with van der Waals surface area (Å²) in [7, 11) is -3.20. The van der Waals surface area contributed by atoms with Gasteiger partial charge in [0.25, 0.3) is 5.56 Å². The quantitative estimate of drug-likeness (QED) is 0.682. The van der Waals surface area contributed by atoms with Crippen molar-refractivity contribution in [3.8, 4) is 0 Å². The lowest BCUT2D eigenvalue weighted by Gasteiger charge is -2.11. The van der Waals surface area contributed by atoms with E-state index in [0.29, 0.717) is 0 Å². The number of carboxylic acids is 1. The molecule has 2 heterocycles. The third kappa shape index (κ3) is 2.21. The van der Waals surface area contributed by atoms with Gasteiger partial charge in [0.15, 0.2) is 9.84 Å². The van der Waals surface area contributed by atoms with Gasteiger partial charge in [0, 0.05) is 6.20 Å². The molecular formula is C9H10N2O6S. The van der Waals surface area contributed by atoms with E-state index in [1.54, 1.807) is 0 Å². The summed E-state index contributed by atoms with van der Waals surface area (Å²) in [4.78, 5) is 35.4. The van der Waals surface area contributed by atoms with Crippen molar-refractivity contribution in [3.63, 3.8) is 0 Å². The lowest BCUT2D eigenvalue weighted by molar-refractivity contribution is 0.0693. The van der Waals surface area contributed by atoms with Crippen molar-refractivity contribution < 1.29 is 18.3 Å². The maximum Gasteiger partial charge on any atom is 0.342 e. The molecule has 2 N–H and O–H groups in total. The summed E-state index contributed by atoms with van der Waals surface area (Å²) >= 11 is 0. The number of aromatic carboxylic acids is 1. The van der Waals surface area contributed by atoms with E-state index in [0.717, 1.165) is 10.8 Å². The SMILES string of the molecule is O=C(O)c1cn(C2CCS(=O)(=O)C2)c(=O)[nH]c1=O. The van der Waals surface area contributed by atoms with Crippen LogP contribution in [0.4, 0.5) is 0 Å². The van der Waals surface area contributed by atoms with Crippen molar-refractivity contribution in [1.82, 2.24) is 9.55 Å². The number of carboxylic acid groups (broad SMARTS) is 1. The fraction of sp³-hybridized carbons (Fsp3) is 0.444. The lowest BCUT2D eigenvalue weighted by atomic mass is 10.2. The largest absolute Gasteiger partial charge is 0.477 e. The molecule has 0 radical (unpaired) electrons. The van der Waals surface area contributed by atoms with E-state index in [1.165, 1.54) is 0 Å². The average molecular weight is 274 g/mol. The van der Waals surface area contributed by atoms with E-state index in [9.17, 15) is 22.8 Å². The highest BCUT2D eigenvalue weighted by atomic mass is 32.2. The number of carbonyl (C=O) groups is 1. The molecule has 0 amide bonds. The molecule has 0 bridgehead atoms. The molecule has 0 aliphatic carbocycles. The molecule has 1 aromatic heterocycles. The fourth-order valence-electron chi connectivity index (χ4n) is 1.90. The molecular weight excluding hydrogens is 264 g/mol. The zero-order valence-electron chi connectivity index (χ0n) is 9.12. The summed E-state index contributed by atoms with van der Waals surface area (Å²) in [6.45, 7) is 0. The Labute approximate surface area is 101 Å². The smallest absolute Gasteiger partial charge is 0.342 e. The molecule has 1 aromatic rings. The van der Waals surface area contributed by atoms with Gasteiger partial charge in [-0.25, -0.2) is 18.0 Å². The molecule has 8 nitrogen and oxygen atoms in total. The van der Waals surface area contributed by atoms with Crippen LogP contribution in [0.25, 0.3) is 0 Å². The van der Waals surface area contributed by atoms with Crippen LogP contribution in [0.5, 0.6) is 0 Å². The van der Waals surface area contributed by atoms with Gasteiger partial charge in [-0.1, -0.05) is 0 Å². The van der Waals surface area contributed by atoms with Crippen LogP contribution in [-0.2, 0) is 9.84 Å². The highest BCUT2D eigenvalue weighted by molar-refractivity contribution is 7.91. The topological polar surface area (TPSA) is 126 Å². The number of hydrogen-bond acceptors (Lipinski definition) is 5. The van der Waals surface area contributed by atoms with Crippen LogP contribution < -0.4 is 11.2 Å². The van der Waals surface area contributed by atoms with Gasteiger partial charge in [-0.15, -0.1) is 0 Å². The van der Waals surface area contributed by atoms with Crippen LogP contribution in [0.15, 0.2) is 15.8 Å². The predicted molar refractivity (Wildman–Crippen MR) is 60.6 cm³/mol.